The smallest absolute Gasteiger partial charge is 0.164 e. The van der Waals surface area contributed by atoms with Crippen LogP contribution in [0.2, 0.25) is 0 Å². The molecule has 0 amide bonds. The van der Waals surface area contributed by atoms with Gasteiger partial charge in [0, 0.05) is 49.3 Å². The van der Waals surface area contributed by atoms with Gasteiger partial charge in [-0.25, -0.2) is 15.0 Å². The van der Waals surface area contributed by atoms with Crippen molar-refractivity contribution < 1.29 is 4.42 Å². The monoisotopic (exact) mass is 664 g/mol. The molecule has 0 unspecified atom stereocenters. The third kappa shape index (κ3) is 4.39. The predicted molar refractivity (Wildman–Crippen MR) is 213 cm³/mol. The molecule has 3 heterocycles. The van der Waals surface area contributed by atoms with E-state index in [1.807, 2.05) is 30.3 Å². The second-order valence-electron chi connectivity index (χ2n) is 13.2. The van der Waals surface area contributed by atoms with Crippen LogP contribution < -0.4 is 0 Å². The van der Waals surface area contributed by atoms with Gasteiger partial charge in [0.05, 0.1) is 11.0 Å². The minimum atomic E-state index is 0.605. The van der Waals surface area contributed by atoms with Gasteiger partial charge >= 0.3 is 0 Å². The number of benzene rings is 8. The van der Waals surface area contributed by atoms with Crippen molar-refractivity contribution in [3.05, 3.63) is 170 Å². The van der Waals surface area contributed by atoms with Crippen LogP contribution in [0.1, 0.15) is 0 Å². The van der Waals surface area contributed by atoms with Gasteiger partial charge in [-0.05, 0) is 64.7 Å². The van der Waals surface area contributed by atoms with Crippen LogP contribution in [0.4, 0.5) is 0 Å². The molecule has 0 N–H and O–H groups in total. The van der Waals surface area contributed by atoms with E-state index in [9.17, 15) is 0 Å². The normalized spacial score (nSPS) is 11.8. The molecule has 0 radical (unpaired) electrons. The molecule has 0 aliphatic rings. The van der Waals surface area contributed by atoms with E-state index in [0.717, 1.165) is 66.1 Å². The van der Waals surface area contributed by atoms with Crippen molar-refractivity contribution in [3.63, 3.8) is 0 Å². The first-order chi connectivity index (χ1) is 25.8. The molecule has 0 atom stereocenters. The molecule has 8 aromatic carbocycles. The fourth-order valence-corrected chi connectivity index (χ4v) is 7.83. The number of furan rings is 1. The van der Waals surface area contributed by atoms with Gasteiger partial charge in [-0.3, -0.25) is 0 Å². The highest BCUT2D eigenvalue weighted by Crippen LogP contribution is 2.38. The van der Waals surface area contributed by atoms with E-state index in [1.54, 1.807) is 0 Å². The summed E-state index contributed by atoms with van der Waals surface area (Å²) in [6.45, 7) is 0. The molecule has 52 heavy (non-hydrogen) atoms. The molecule has 0 saturated carbocycles. The molecule has 0 bridgehead atoms. The largest absolute Gasteiger partial charge is 0.456 e. The zero-order valence-corrected chi connectivity index (χ0v) is 27.9. The van der Waals surface area contributed by atoms with Crippen molar-refractivity contribution in [1.29, 1.82) is 0 Å². The van der Waals surface area contributed by atoms with Crippen LogP contribution in [-0.4, -0.2) is 19.5 Å². The van der Waals surface area contributed by atoms with Crippen molar-refractivity contribution >= 4 is 65.3 Å². The first-order valence-corrected chi connectivity index (χ1v) is 17.4. The Morgan fingerprint density at radius 1 is 0.385 bits per heavy atom. The number of para-hydroxylation sites is 3. The summed E-state index contributed by atoms with van der Waals surface area (Å²) in [5.74, 6) is 1.84. The maximum Gasteiger partial charge on any atom is 0.164 e. The van der Waals surface area contributed by atoms with E-state index < -0.39 is 0 Å². The number of aromatic nitrogens is 4. The lowest BCUT2D eigenvalue weighted by Gasteiger charge is -2.12. The lowest BCUT2D eigenvalue weighted by molar-refractivity contribution is 0.669. The van der Waals surface area contributed by atoms with Crippen molar-refractivity contribution in [2.45, 2.75) is 0 Å². The number of hydrogen-bond acceptors (Lipinski definition) is 4. The van der Waals surface area contributed by atoms with E-state index in [-0.39, 0.29) is 0 Å². The van der Waals surface area contributed by atoms with E-state index in [1.165, 1.54) is 21.5 Å². The van der Waals surface area contributed by atoms with Gasteiger partial charge in [0.15, 0.2) is 17.5 Å². The lowest BCUT2D eigenvalue weighted by atomic mass is 9.97. The standard InChI is InChI=1S/C47H28N4O/c1-2-13-33(14-3-1)51-40-19-8-6-16-35(40)36-25-23-32(28-41(36)51)46-48-45(31-24-26-43-39(27-31)37-17-7-9-20-42(37)52-43)49-47(50-46)38-18-10-12-30-22-21-29-11-4-5-15-34(29)44(30)38/h1-28H. The van der Waals surface area contributed by atoms with Crippen LogP contribution in [0.5, 0.6) is 0 Å². The van der Waals surface area contributed by atoms with Gasteiger partial charge in [-0.1, -0.05) is 121 Å². The maximum atomic E-state index is 6.18. The first kappa shape index (κ1) is 28.7. The molecule has 11 aromatic rings. The summed E-state index contributed by atoms with van der Waals surface area (Å²) in [5, 5.41) is 9.07. The molecular formula is C47H28N4O. The SMILES string of the molecule is c1ccc(-n2c3ccccc3c3ccc(-c4nc(-c5ccc6oc7ccccc7c6c5)nc(-c5cccc6ccc7ccccc7c56)n4)cc32)cc1. The number of hydrogen-bond donors (Lipinski definition) is 0. The van der Waals surface area contributed by atoms with Crippen LogP contribution in [0.25, 0.3) is 105 Å². The van der Waals surface area contributed by atoms with Crippen LogP contribution in [0, 0.1) is 0 Å². The quantitative estimate of drug-likeness (QED) is 0.176. The number of rotatable bonds is 4. The molecule has 5 nitrogen and oxygen atoms in total. The van der Waals surface area contributed by atoms with Crippen molar-refractivity contribution in [3.8, 4) is 39.9 Å². The minimum absolute atomic E-state index is 0.605. The second kappa shape index (κ2) is 11.2. The molecule has 0 aliphatic heterocycles. The Kier molecular flexibility index (Phi) is 6.18. The summed E-state index contributed by atoms with van der Waals surface area (Å²) in [6, 6.07) is 59.2. The Balaban J connectivity index is 1.19. The fraction of sp³-hybridized carbons (Fsp3) is 0. The Morgan fingerprint density at radius 2 is 1.02 bits per heavy atom. The van der Waals surface area contributed by atoms with Gasteiger partial charge in [0.25, 0.3) is 0 Å². The first-order valence-electron chi connectivity index (χ1n) is 17.4. The van der Waals surface area contributed by atoms with E-state index in [2.05, 4.69) is 144 Å². The Labute approximate surface area is 298 Å². The van der Waals surface area contributed by atoms with Gasteiger partial charge in [-0.15, -0.1) is 0 Å². The van der Waals surface area contributed by atoms with E-state index in [4.69, 9.17) is 19.4 Å². The highest BCUT2D eigenvalue weighted by atomic mass is 16.3. The van der Waals surface area contributed by atoms with Crippen LogP contribution in [0.15, 0.2) is 174 Å². The fourth-order valence-electron chi connectivity index (χ4n) is 7.83. The van der Waals surface area contributed by atoms with Crippen LogP contribution in [0.3, 0.4) is 0 Å². The molecular weight excluding hydrogens is 637 g/mol. The summed E-state index contributed by atoms with van der Waals surface area (Å²) in [7, 11) is 0. The number of fused-ring (bicyclic) bond motifs is 9. The summed E-state index contributed by atoms with van der Waals surface area (Å²) in [5.41, 5.74) is 7.82. The van der Waals surface area contributed by atoms with Gasteiger partial charge in [-0.2, -0.15) is 0 Å². The third-order valence-corrected chi connectivity index (χ3v) is 10.2. The zero-order valence-electron chi connectivity index (χ0n) is 27.9. The molecule has 5 heteroatoms. The van der Waals surface area contributed by atoms with Gasteiger partial charge in [0.1, 0.15) is 11.2 Å². The summed E-state index contributed by atoms with van der Waals surface area (Å²) < 4.78 is 8.50. The average Bonchev–Trinajstić information content (AvgIpc) is 3.75. The average molecular weight is 665 g/mol. The summed E-state index contributed by atoms with van der Waals surface area (Å²) in [4.78, 5) is 15.7. The highest BCUT2D eigenvalue weighted by Gasteiger charge is 2.19. The van der Waals surface area contributed by atoms with Crippen LogP contribution in [-0.2, 0) is 0 Å². The van der Waals surface area contributed by atoms with Crippen molar-refractivity contribution in [2.75, 3.05) is 0 Å². The summed E-state index contributed by atoms with van der Waals surface area (Å²) >= 11 is 0. The van der Waals surface area contributed by atoms with Crippen molar-refractivity contribution in [1.82, 2.24) is 19.5 Å². The topological polar surface area (TPSA) is 56.7 Å². The van der Waals surface area contributed by atoms with Gasteiger partial charge < -0.3 is 8.98 Å². The lowest BCUT2D eigenvalue weighted by Crippen LogP contribution is -2.01. The molecule has 11 rings (SSSR count). The predicted octanol–water partition coefficient (Wildman–Crippen LogP) is 12.2. The van der Waals surface area contributed by atoms with Gasteiger partial charge in [0.2, 0.25) is 0 Å². The molecule has 3 aromatic heterocycles. The maximum absolute atomic E-state index is 6.18. The Hall–Kier alpha value is -7.11. The van der Waals surface area contributed by atoms with E-state index in [0.29, 0.717) is 17.5 Å². The molecule has 0 aliphatic carbocycles. The zero-order chi connectivity index (χ0) is 34.2. The van der Waals surface area contributed by atoms with E-state index >= 15 is 0 Å². The molecule has 0 saturated heterocycles. The third-order valence-electron chi connectivity index (χ3n) is 10.2. The minimum Gasteiger partial charge on any atom is -0.456 e. The molecule has 0 fully saturated rings. The number of nitrogens with zero attached hydrogens (tertiary/aromatic N) is 4. The summed E-state index contributed by atoms with van der Waals surface area (Å²) in [6.07, 6.45) is 0. The second-order valence-corrected chi connectivity index (χ2v) is 13.2. The molecule has 242 valence electrons. The Bertz CT molecular complexity index is 3190. The van der Waals surface area contributed by atoms with Crippen LogP contribution >= 0.6 is 0 Å². The Morgan fingerprint density at radius 3 is 1.90 bits per heavy atom. The van der Waals surface area contributed by atoms with Crippen molar-refractivity contribution in [2.24, 2.45) is 0 Å². The highest BCUT2D eigenvalue weighted by molar-refractivity contribution is 6.14. The molecule has 0 spiro atoms.